The normalized spacial score (nSPS) is 17.6. The highest BCUT2D eigenvalue weighted by atomic mass is 35.5. The zero-order valence-corrected chi connectivity index (χ0v) is 19.3. The van der Waals surface area contributed by atoms with Crippen molar-refractivity contribution in [2.45, 2.75) is 37.5 Å². The molecule has 2 aliphatic rings. The van der Waals surface area contributed by atoms with E-state index in [0.717, 1.165) is 24.1 Å². The van der Waals surface area contributed by atoms with Crippen LogP contribution in [0, 0.1) is 5.92 Å². The molecule has 0 atom stereocenters. The van der Waals surface area contributed by atoms with Crippen LogP contribution in [0.25, 0.3) is 0 Å². The van der Waals surface area contributed by atoms with Crippen molar-refractivity contribution in [3.63, 3.8) is 0 Å². The molecular weight excluding hydrogens is 452 g/mol. The number of aromatic nitrogens is 1. The van der Waals surface area contributed by atoms with Crippen LogP contribution in [-0.2, 0) is 26.0 Å². The van der Waals surface area contributed by atoms with Crippen LogP contribution < -0.4 is 10.2 Å². The van der Waals surface area contributed by atoms with E-state index in [4.69, 9.17) is 11.6 Å². The summed E-state index contributed by atoms with van der Waals surface area (Å²) in [7, 11) is -3.67. The van der Waals surface area contributed by atoms with E-state index in [1.807, 2.05) is 0 Å². The molecule has 0 unspecified atom stereocenters. The number of nitrogens with one attached hydrogen (secondary N) is 1. The maximum Gasteiger partial charge on any atom is 0.243 e. The molecule has 4 rings (SSSR count). The third-order valence-electron chi connectivity index (χ3n) is 5.99. The first kappa shape index (κ1) is 22.7. The molecule has 0 saturated carbocycles. The summed E-state index contributed by atoms with van der Waals surface area (Å²) in [4.78, 5) is 30.4. The number of aryl methyl sites for hydroxylation is 1. The fourth-order valence-corrected chi connectivity index (χ4v) is 5.88. The first-order chi connectivity index (χ1) is 15.3. The van der Waals surface area contributed by atoms with Crippen LogP contribution in [0.5, 0.6) is 0 Å². The van der Waals surface area contributed by atoms with E-state index < -0.39 is 10.0 Å². The van der Waals surface area contributed by atoms with Crippen molar-refractivity contribution < 1.29 is 18.0 Å². The Morgan fingerprint density at radius 1 is 1.12 bits per heavy atom. The molecule has 2 aromatic rings. The third kappa shape index (κ3) is 4.65. The minimum atomic E-state index is -3.67. The highest BCUT2D eigenvalue weighted by Crippen LogP contribution is 2.32. The number of sulfonamides is 1. The van der Waals surface area contributed by atoms with Crippen LogP contribution in [0.1, 0.15) is 31.7 Å². The number of hydrogen-bond donors (Lipinski definition) is 1. The fraction of sp³-hybridized carbons (Fsp3) is 0.409. The Labute approximate surface area is 192 Å². The van der Waals surface area contributed by atoms with Crippen LogP contribution in [0.3, 0.4) is 0 Å². The SMILES string of the molecule is CC(=O)N1CCCc2cc(S(=O)(=O)N3CCC(C(=O)Nc4ccc(Cl)cn4)CC3)ccc21. The lowest BCUT2D eigenvalue weighted by atomic mass is 9.97. The smallest absolute Gasteiger partial charge is 0.243 e. The van der Waals surface area contributed by atoms with E-state index >= 15 is 0 Å². The number of rotatable bonds is 4. The summed E-state index contributed by atoms with van der Waals surface area (Å²) in [5.74, 6) is -0.0830. The van der Waals surface area contributed by atoms with Crippen LogP contribution in [0.4, 0.5) is 11.5 Å². The van der Waals surface area contributed by atoms with Gasteiger partial charge in [-0.15, -0.1) is 0 Å². The number of fused-ring (bicyclic) bond motifs is 1. The monoisotopic (exact) mass is 476 g/mol. The van der Waals surface area contributed by atoms with Crippen molar-refractivity contribution in [3.8, 4) is 0 Å². The van der Waals surface area contributed by atoms with Gasteiger partial charge in [-0.05, 0) is 61.6 Å². The van der Waals surface area contributed by atoms with E-state index in [0.29, 0.717) is 30.2 Å². The van der Waals surface area contributed by atoms with Crippen molar-refractivity contribution in [3.05, 3.63) is 47.1 Å². The topological polar surface area (TPSA) is 99.7 Å². The molecule has 0 spiro atoms. The Balaban J connectivity index is 1.42. The van der Waals surface area contributed by atoms with Gasteiger partial charge in [-0.2, -0.15) is 4.31 Å². The van der Waals surface area contributed by atoms with Gasteiger partial charge in [-0.1, -0.05) is 11.6 Å². The molecule has 2 aliphatic heterocycles. The predicted octanol–water partition coefficient (Wildman–Crippen LogP) is 3.07. The number of benzene rings is 1. The number of anilines is 2. The number of pyridine rings is 1. The summed E-state index contributed by atoms with van der Waals surface area (Å²) in [5, 5.41) is 3.25. The zero-order valence-electron chi connectivity index (χ0n) is 17.8. The summed E-state index contributed by atoms with van der Waals surface area (Å²) in [6.07, 6.45) is 3.87. The number of hydrogen-bond acceptors (Lipinski definition) is 5. The fourth-order valence-electron chi connectivity index (χ4n) is 4.25. The highest BCUT2D eigenvalue weighted by Gasteiger charge is 2.33. The first-order valence-corrected chi connectivity index (χ1v) is 12.4. The predicted molar refractivity (Wildman–Crippen MR) is 122 cm³/mol. The Morgan fingerprint density at radius 3 is 2.53 bits per heavy atom. The molecule has 10 heteroatoms. The number of amides is 2. The Kier molecular flexibility index (Phi) is 6.50. The summed E-state index contributed by atoms with van der Waals surface area (Å²) < 4.78 is 27.9. The second-order valence-corrected chi connectivity index (χ2v) is 10.5. The van der Waals surface area contributed by atoms with Gasteiger partial charge in [-0.3, -0.25) is 9.59 Å². The summed E-state index contributed by atoms with van der Waals surface area (Å²) in [5.41, 5.74) is 1.66. The van der Waals surface area contributed by atoms with Gasteiger partial charge in [0.15, 0.2) is 0 Å². The van der Waals surface area contributed by atoms with E-state index in [9.17, 15) is 18.0 Å². The molecule has 170 valence electrons. The van der Waals surface area contributed by atoms with Crippen molar-refractivity contribution >= 4 is 44.9 Å². The van der Waals surface area contributed by atoms with Gasteiger partial charge in [0.05, 0.1) is 9.92 Å². The van der Waals surface area contributed by atoms with Crippen LogP contribution in [0.2, 0.25) is 5.02 Å². The van der Waals surface area contributed by atoms with E-state index in [2.05, 4.69) is 10.3 Å². The molecule has 1 fully saturated rings. The van der Waals surface area contributed by atoms with E-state index in [1.165, 1.54) is 17.4 Å². The molecule has 32 heavy (non-hydrogen) atoms. The highest BCUT2D eigenvalue weighted by molar-refractivity contribution is 7.89. The Bertz CT molecular complexity index is 1130. The lowest BCUT2D eigenvalue weighted by Gasteiger charge is -2.32. The first-order valence-electron chi connectivity index (χ1n) is 10.6. The quantitative estimate of drug-likeness (QED) is 0.731. The van der Waals surface area contributed by atoms with Crippen molar-refractivity contribution in [2.24, 2.45) is 5.92 Å². The summed E-state index contributed by atoms with van der Waals surface area (Å²) in [6, 6.07) is 8.25. The second kappa shape index (κ2) is 9.17. The average Bonchev–Trinajstić information content (AvgIpc) is 2.79. The molecule has 0 radical (unpaired) electrons. The molecule has 1 N–H and O–H groups in total. The Morgan fingerprint density at radius 2 is 1.88 bits per heavy atom. The van der Waals surface area contributed by atoms with Gasteiger partial charge in [0.2, 0.25) is 21.8 Å². The molecule has 0 aliphatic carbocycles. The van der Waals surface area contributed by atoms with E-state index in [1.54, 1.807) is 35.2 Å². The van der Waals surface area contributed by atoms with E-state index in [-0.39, 0.29) is 35.7 Å². The average molecular weight is 477 g/mol. The largest absolute Gasteiger partial charge is 0.312 e. The lowest BCUT2D eigenvalue weighted by molar-refractivity contribution is -0.121. The zero-order chi connectivity index (χ0) is 22.9. The number of piperidine rings is 1. The molecule has 1 aromatic heterocycles. The van der Waals surface area contributed by atoms with Gasteiger partial charge in [0, 0.05) is 44.4 Å². The molecule has 1 aromatic carbocycles. The number of nitrogens with zero attached hydrogens (tertiary/aromatic N) is 3. The second-order valence-electron chi connectivity index (χ2n) is 8.09. The van der Waals surface area contributed by atoms with Crippen molar-refractivity contribution in [1.29, 1.82) is 0 Å². The number of carbonyl (C=O) groups is 2. The molecule has 8 nitrogen and oxygen atoms in total. The molecular formula is C22H25ClN4O4S. The maximum absolute atomic E-state index is 13.2. The minimum absolute atomic E-state index is 0.0456. The summed E-state index contributed by atoms with van der Waals surface area (Å²) >= 11 is 5.81. The molecule has 0 bridgehead atoms. The van der Waals surface area contributed by atoms with Crippen LogP contribution in [-0.4, -0.2) is 49.2 Å². The number of halogens is 1. The van der Waals surface area contributed by atoms with Gasteiger partial charge >= 0.3 is 0 Å². The van der Waals surface area contributed by atoms with Gasteiger partial charge in [0.25, 0.3) is 0 Å². The molecule has 2 amide bonds. The third-order valence-corrected chi connectivity index (χ3v) is 8.11. The summed E-state index contributed by atoms with van der Waals surface area (Å²) in [6.45, 7) is 2.70. The van der Waals surface area contributed by atoms with Crippen molar-refractivity contribution in [2.75, 3.05) is 29.9 Å². The molecule has 1 saturated heterocycles. The maximum atomic E-state index is 13.2. The lowest BCUT2D eigenvalue weighted by Crippen LogP contribution is -2.41. The van der Waals surface area contributed by atoms with Gasteiger partial charge in [0.1, 0.15) is 5.82 Å². The minimum Gasteiger partial charge on any atom is -0.312 e. The number of carbonyl (C=O) groups excluding carboxylic acids is 2. The molecule has 3 heterocycles. The van der Waals surface area contributed by atoms with Crippen LogP contribution in [0.15, 0.2) is 41.4 Å². The van der Waals surface area contributed by atoms with Crippen LogP contribution >= 0.6 is 11.6 Å². The van der Waals surface area contributed by atoms with Gasteiger partial charge in [-0.25, -0.2) is 13.4 Å². The van der Waals surface area contributed by atoms with Gasteiger partial charge < -0.3 is 10.2 Å². The van der Waals surface area contributed by atoms with Crippen molar-refractivity contribution in [1.82, 2.24) is 9.29 Å². The standard InChI is InChI=1S/C22H25ClN4O4S/c1-15(28)27-10-2-3-17-13-19(5-6-20(17)27)32(30,31)26-11-8-16(9-12-26)22(29)25-21-7-4-18(23)14-24-21/h4-7,13-14,16H,2-3,8-12H2,1H3,(H,24,25,29). The Hall–Kier alpha value is -2.49.